The maximum atomic E-state index is 10.4. The third-order valence-electron chi connectivity index (χ3n) is 3.47. The Morgan fingerprint density at radius 3 is 1.58 bits per heavy atom. The molecule has 0 amide bonds. The maximum absolute atomic E-state index is 10.4. The Bertz CT molecular complexity index is 496. The summed E-state index contributed by atoms with van der Waals surface area (Å²) in [5, 5.41) is 21.4. The van der Waals surface area contributed by atoms with Crippen molar-refractivity contribution in [3.05, 3.63) is 29.3 Å². The Labute approximate surface area is 162 Å². The molecule has 5 nitrogen and oxygen atoms in total. The average Bonchev–Trinajstić information content (AvgIpc) is 2.50. The summed E-state index contributed by atoms with van der Waals surface area (Å²) < 4.78 is 11.3. The number of hydrogen-bond acceptors (Lipinski definition) is 5. The monoisotopic (exact) mass is 387 g/mol. The van der Waals surface area contributed by atoms with Crippen molar-refractivity contribution in [3.8, 4) is 0 Å². The second-order valence-corrected chi connectivity index (χ2v) is 8.97. The highest BCUT2D eigenvalue weighted by atomic mass is 35.5. The number of ether oxygens (including phenoxy) is 2. The highest BCUT2D eigenvalue weighted by Gasteiger charge is 2.20. The van der Waals surface area contributed by atoms with Gasteiger partial charge in [-0.05, 0) is 65.8 Å². The third-order valence-corrected chi connectivity index (χ3v) is 3.72. The number of rotatable bonds is 9. The quantitative estimate of drug-likeness (QED) is 0.679. The highest BCUT2D eigenvalue weighted by Crippen LogP contribution is 2.19. The topological polar surface area (TPSA) is 62.2 Å². The van der Waals surface area contributed by atoms with E-state index < -0.39 is 12.2 Å². The maximum Gasteiger partial charge on any atom is 0.0948 e. The molecule has 0 bridgehead atoms. The minimum Gasteiger partial charge on any atom is -0.389 e. The molecular weight excluding hydrogens is 354 g/mol. The van der Waals surface area contributed by atoms with Crippen LogP contribution in [-0.2, 0) is 9.47 Å². The Balaban J connectivity index is 2.74. The van der Waals surface area contributed by atoms with Gasteiger partial charge in [0.1, 0.15) is 0 Å². The number of hydrogen-bond donors (Lipinski definition) is 2. The van der Waals surface area contributed by atoms with Gasteiger partial charge in [0.2, 0.25) is 0 Å². The van der Waals surface area contributed by atoms with Crippen molar-refractivity contribution in [2.24, 2.45) is 0 Å². The van der Waals surface area contributed by atoms with E-state index in [4.69, 9.17) is 21.1 Å². The molecule has 0 saturated heterocycles. The van der Waals surface area contributed by atoms with E-state index in [2.05, 4.69) is 0 Å². The lowest BCUT2D eigenvalue weighted by atomic mass is 10.2. The molecule has 26 heavy (non-hydrogen) atoms. The molecule has 150 valence electrons. The first-order chi connectivity index (χ1) is 11.9. The molecule has 0 aliphatic carbocycles. The first kappa shape index (κ1) is 23.2. The molecule has 0 saturated carbocycles. The smallest absolute Gasteiger partial charge is 0.0948 e. The lowest BCUT2D eigenvalue weighted by Gasteiger charge is -2.31. The van der Waals surface area contributed by atoms with E-state index in [0.29, 0.717) is 18.1 Å². The van der Waals surface area contributed by atoms with Gasteiger partial charge >= 0.3 is 0 Å². The van der Waals surface area contributed by atoms with Crippen molar-refractivity contribution in [3.63, 3.8) is 0 Å². The molecule has 0 aromatic heterocycles. The van der Waals surface area contributed by atoms with Crippen molar-refractivity contribution in [1.82, 2.24) is 0 Å². The van der Waals surface area contributed by atoms with Crippen LogP contribution in [0, 0.1) is 0 Å². The van der Waals surface area contributed by atoms with Crippen LogP contribution < -0.4 is 4.90 Å². The molecule has 0 heterocycles. The molecule has 0 aliphatic heterocycles. The van der Waals surface area contributed by atoms with Crippen LogP contribution in [0.2, 0.25) is 5.02 Å². The molecule has 2 unspecified atom stereocenters. The standard InChI is InChI=1S/C20H34ClNO4/c1-19(2,3)25-13-17(23)11-22(16-9-7-15(21)8-10-16)12-18(24)14-26-20(4,5)6/h7-10,17-18,23-24H,11-14H2,1-6H3. The number of aliphatic hydroxyl groups excluding tert-OH is 2. The van der Waals surface area contributed by atoms with Gasteiger partial charge in [0.05, 0.1) is 36.6 Å². The van der Waals surface area contributed by atoms with Crippen LogP contribution in [0.3, 0.4) is 0 Å². The van der Waals surface area contributed by atoms with E-state index in [0.717, 1.165) is 5.69 Å². The predicted octanol–water partition coefficient (Wildman–Crippen LogP) is 3.50. The van der Waals surface area contributed by atoms with Gasteiger partial charge in [-0.3, -0.25) is 0 Å². The van der Waals surface area contributed by atoms with Gasteiger partial charge in [0.25, 0.3) is 0 Å². The molecule has 2 atom stereocenters. The van der Waals surface area contributed by atoms with Crippen LogP contribution in [0.4, 0.5) is 5.69 Å². The predicted molar refractivity (Wildman–Crippen MR) is 107 cm³/mol. The summed E-state index contributed by atoms with van der Waals surface area (Å²) in [6.45, 7) is 12.8. The Morgan fingerprint density at radius 1 is 0.846 bits per heavy atom. The van der Waals surface area contributed by atoms with E-state index in [9.17, 15) is 10.2 Å². The summed E-state index contributed by atoms with van der Waals surface area (Å²) in [7, 11) is 0. The first-order valence-corrected chi connectivity index (χ1v) is 9.38. The molecule has 1 aromatic carbocycles. The van der Waals surface area contributed by atoms with E-state index in [-0.39, 0.29) is 24.4 Å². The van der Waals surface area contributed by atoms with Gasteiger partial charge in [-0.1, -0.05) is 11.6 Å². The minimum absolute atomic E-state index is 0.224. The fourth-order valence-electron chi connectivity index (χ4n) is 2.24. The van der Waals surface area contributed by atoms with Crippen molar-refractivity contribution in [2.75, 3.05) is 31.2 Å². The number of anilines is 1. The molecule has 2 N–H and O–H groups in total. The van der Waals surface area contributed by atoms with Crippen LogP contribution in [0.15, 0.2) is 24.3 Å². The minimum atomic E-state index is -0.680. The zero-order valence-electron chi connectivity index (χ0n) is 16.8. The van der Waals surface area contributed by atoms with Gasteiger partial charge in [0.15, 0.2) is 0 Å². The van der Waals surface area contributed by atoms with Gasteiger partial charge in [0, 0.05) is 23.8 Å². The molecule has 1 rings (SSSR count). The third kappa shape index (κ3) is 10.3. The fraction of sp³-hybridized carbons (Fsp3) is 0.700. The summed E-state index contributed by atoms with van der Waals surface area (Å²) in [6, 6.07) is 7.33. The zero-order valence-corrected chi connectivity index (χ0v) is 17.6. The molecule has 0 fully saturated rings. The molecular formula is C20H34ClNO4. The fourth-order valence-corrected chi connectivity index (χ4v) is 2.37. The summed E-state index contributed by atoms with van der Waals surface area (Å²) >= 11 is 5.97. The summed E-state index contributed by atoms with van der Waals surface area (Å²) in [5.41, 5.74) is 0.247. The molecule has 1 aromatic rings. The molecule has 0 radical (unpaired) electrons. The van der Waals surface area contributed by atoms with E-state index in [1.807, 2.05) is 58.6 Å². The summed E-state index contributed by atoms with van der Waals surface area (Å²) in [6.07, 6.45) is -1.36. The molecule has 0 spiro atoms. The van der Waals surface area contributed by atoms with Gasteiger partial charge in [-0.2, -0.15) is 0 Å². The number of nitrogens with zero attached hydrogens (tertiary/aromatic N) is 1. The van der Waals surface area contributed by atoms with Gasteiger partial charge < -0.3 is 24.6 Å². The Hall–Kier alpha value is -0.850. The Morgan fingerprint density at radius 2 is 1.23 bits per heavy atom. The van der Waals surface area contributed by atoms with Crippen molar-refractivity contribution < 1.29 is 19.7 Å². The van der Waals surface area contributed by atoms with Crippen LogP contribution in [-0.4, -0.2) is 59.9 Å². The van der Waals surface area contributed by atoms with Crippen molar-refractivity contribution >= 4 is 17.3 Å². The highest BCUT2D eigenvalue weighted by molar-refractivity contribution is 6.30. The average molecular weight is 388 g/mol. The summed E-state index contributed by atoms with van der Waals surface area (Å²) in [4.78, 5) is 1.92. The normalized spacial score (nSPS) is 15.0. The number of halogens is 1. The van der Waals surface area contributed by atoms with Crippen LogP contribution >= 0.6 is 11.6 Å². The largest absolute Gasteiger partial charge is 0.389 e. The van der Waals surface area contributed by atoms with Crippen LogP contribution in [0.25, 0.3) is 0 Å². The lowest BCUT2D eigenvalue weighted by molar-refractivity contribution is -0.0515. The van der Waals surface area contributed by atoms with Crippen molar-refractivity contribution in [1.29, 1.82) is 0 Å². The molecule has 6 heteroatoms. The lowest BCUT2D eigenvalue weighted by Crippen LogP contribution is -2.42. The van der Waals surface area contributed by atoms with Crippen molar-refractivity contribution in [2.45, 2.75) is 65.0 Å². The SMILES string of the molecule is CC(C)(C)OCC(O)CN(CC(O)COC(C)(C)C)c1ccc(Cl)cc1. The molecule has 0 aliphatic rings. The second-order valence-electron chi connectivity index (χ2n) is 8.54. The first-order valence-electron chi connectivity index (χ1n) is 9.00. The van der Waals surface area contributed by atoms with E-state index in [1.165, 1.54) is 0 Å². The van der Waals surface area contributed by atoms with E-state index in [1.54, 1.807) is 12.1 Å². The zero-order chi connectivity index (χ0) is 20.0. The number of aliphatic hydroxyl groups is 2. The second kappa shape index (κ2) is 9.90. The van der Waals surface area contributed by atoms with Gasteiger partial charge in [-0.15, -0.1) is 0 Å². The van der Waals surface area contributed by atoms with Crippen LogP contribution in [0.5, 0.6) is 0 Å². The summed E-state index contributed by atoms with van der Waals surface area (Å²) in [5.74, 6) is 0. The number of benzene rings is 1. The Kier molecular flexibility index (Phi) is 8.83. The van der Waals surface area contributed by atoms with Crippen LogP contribution in [0.1, 0.15) is 41.5 Å². The van der Waals surface area contributed by atoms with E-state index >= 15 is 0 Å². The van der Waals surface area contributed by atoms with Gasteiger partial charge in [-0.25, -0.2) is 0 Å².